The number of hydrogen-bond acceptors (Lipinski definition) is 5. The normalized spacial score (nSPS) is 13.6. The Morgan fingerprint density at radius 2 is 1.65 bits per heavy atom. The zero-order valence-electron chi connectivity index (χ0n) is 21.8. The minimum atomic E-state index is -0.314. The number of hydrogen-bond donors (Lipinski definition) is 2. The van der Waals surface area contributed by atoms with E-state index in [1.807, 2.05) is 62.3 Å². The highest BCUT2D eigenvalue weighted by Crippen LogP contribution is 2.40. The minimum absolute atomic E-state index is 0. The van der Waals surface area contributed by atoms with Crippen molar-refractivity contribution in [1.29, 1.82) is 5.41 Å². The summed E-state index contributed by atoms with van der Waals surface area (Å²) in [7, 11) is 0. The monoisotopic (exact) mass is 487 g/mol. The molecule has 0 atom stereocenters. The number of nitrogens with zero attached hydrogens (tertiary/aromatic N) is 2. The highest BCUT2D eigenvalue weighted by Gasteiger charge is 2.32. The number of ether oxygens (including phenoxy) is 1. The van der Waals surface area contributed by atoms with Gasteiger partial charge in [-0.3, -0.25) is 10.2 Å². The minimum Gasteiger partial charge on any atom is -0.507 e. The molecule has 0 radical (unpaired) electrons. The number of carbonyl (C=O) groups excluding carboxylic acids is 1. The number of pyridine rings is 1. The van der Waals surface area contributed by atoms with Gasteiger partial charge in [-0.05, 0) is 43.7 Å². The van der Waals surface area contributed by atoms with Crippen LogP contribution in [0.15, 0.2) is 12.1 Å². The zero-order valence-corrected chi connectivity index (χ0v) is 22.7. The van der Waals surface area contributed by atoms with Crippen LogP contribution in [0.25, 0.3) is 0 Å². The topological polar surface area (TPSA) is 86.5 Å². The van der Waals surface area contributed by atoms with Crippen molar-refractivity contribution >= 4 is 24.0 Å². The fourth-order valence-corrected chi connectivity index (χ4v) is 4.38. The molecule has 0 fully saturated rings. The smallest absolute Gasteiger partial charge is 0.182 e. The number of Topliss-reactive ketones (excluding diaryl/α,β-unsaturated/α-hetero) is 1. The molecule has 3 rings (SSSR count). The van der Waals surface area contributed by atoms with E-state index in [1.165, 1.54) is 0 Å². The van der Waals surface area contributed by atoms with Crippen LogP contribution in [-0.4, -0.2) is 39.8 Å². The molecule has 0 bridgehead atoms. The molecule has 1 aromatic heterocycles. The molecule has 2 aromatic rings. The van der Waals surface area contributed by atoms with Crippen LogP contribution in [0.4, 0.5) is 0 Å². The summed E-state index contributed by atoms with van der Waals surface area (Å²) in [5, 5.41) is 19.6. The van der Waals surface area contributed by atoms with E-state index < -0.39 is 0 Å². The summed E-state index contributed by atoms with van der Waals surface area (Å²) in [6.45, 7) is 19.1. The fraction of sp³-hybridized carbons (Fsp3) is 0.519. The first-order valence-corrected chi connectivity index (χ1v) is 11.5. The van der Waals surface area contributed by atoms with E-state index in [0.29, 0.717) is 24.4 Å². The number of phenols is 1. The molecule has 186 valence electrons. The van der Waals surface area contributed by atoms with Gasteiger partial charge in [0.2, 0.25) is 0 Å². The molecular formula is C27H38ClN3O3. The number of nitrogens with one attached hydrogen (secondary N) is 1. The number of aromatic hydroxyl groups is 1. The molecule has 0 spiro atoms. The Morgan fingerprint density at radius 3 is 2.12 bits per heavy atom. The van der Waals surface area contributed by atoms with Crippen LogP contribution in [-0.2, 0) is 17.4 Å². The van der Waals surface area contributed by atoms with E-state index in [-0.39, 0.29) is 47.2 Å². The van der Waals surface area contributed by atoms with Crippen LogP contribution < -0.4 is 4.74 Å². The van der Waals surface area contributed by atoms with E-state index in [0.717, 1.165) is 33.7 Å². The predicted molar refractivity (Wildman–Crippen MR) is 139 cm³/mol. The van der Waals surface area contributed by atoms with Gasteiger partial charge in [0, 0.05) is 34.4 Å². The van der Waals surface area contributed by atoms with E-state index in [2.05, 4.69) is 4.98 Å². The summed E-state index contributed by atoms with van der Waals surface area (Å²) >= 11 is 0. The SMILES string of the molecule is CCOc1c(C)nc2c(c1C)CN(CC(=O)c1cc(C(C)(C)C)c(O)c(C(C)(C)C)c1)C2=N.Cl. The van der Waals surface area contributed by atoms with Gasteiger partial charge in [0.05, 0.1) is 18.8 Å². The van der Waals surface area contributed by atoms with Crippen LogP contribution in [0.5, 0.6) is 11.5 Å². The number of carbonyl (C=O) groups is 1. The van der Waals surface area contributed by atoms with Crippen molar-refractivity contribution in [3.63, 3.8) is 0 Å². The van der Waals surface area contributed by atoms with Gasteiger partial charge in [-0.25, -0.2) is 4.98 Å². The van der Waals surface area contributed by atoms with E-state index in [4.69, 9.17) is 10.1 Å². The number of rotatable bonds is 5. The van der Waals surface area contributed by atoms with Crippen LogP contribution in [0.3, 0.4) is 0 Å². The van der Waals surface area contributed by atoms with Gasteiger partial charge in [0.1, 0.15) is 23.0 Å². The largest absolute Gasteiger partial charge is 0.507 e. The van der Waals surface area contributed by atoms with Crippen molar-refractivity contribution in [3.05, 3.63) is 51.3 Å². The van der Waals surface area contributed by atoms with Crippen molar-refractivity contribution in [3.8, 4) is 11.5 Å². The highest BCUT2D eigenvalue weighted by molar-refractivity contribution is 6.05. The maximum Gasteiger partial charge on any atom is 0.182 e. The Kier molecular flexibility index (Phi) is 7.78. The van der Waals surface area contributed by atoms with Gasteiger partial charge in [-0.2, -0.15) is 0 Å². The average Bonchev–Trinajstić information content (AvgIpc) is 2.99. The first-order valence-electron chi connectivity index (χ1n) is 11.5. The maximum absolute atomic E-state index is 13.4. The molecule has 0 amide bonds. The van der Waals surface area contributed by atoms with Crippen LogP contribution in [0, 0.1) is 19.3 Å². The Hall–Kier alpha value is -2.60. The summed E-state index contributed by atoms with van der Waals surface area (Å²) in [6, 6.07) is 3.61. The third kappa shape index (κ3) is 5.07. The molecule has 0 unspecified atom stereocenters. The summed E-state index contributed by atoms with van der Waals surface area (Å²) in [5.74, 6) is 1.20. The van der Waals surface area contributed by atoms with Gasteiger partial charge in [-0.15, -0.1) is 12.4 Å². The van der Waals surface area contributed by atoms with Crippen molar-refractivity contribution in [2.45, 2.75) is 79.7 Å². The van der Waals surface area contributed by atoms with Crippen molar-refractivity contribution < 1.29 is 14.6 Å². The van der Waals surface area contributed by atoms with Crippen molar-refractivity contribution in [1.82, 2.24) is 9.88 Å². The molecule has 2 heterocycles. The maximum atomic E-state index is 13.4. The Bertz CT molecular complexity index is 1090. The quantitative estimate of drug-likeness (QED) is 0.517. The Balaban J connectivity index is 0.00000408. The third-order valence-corrected chi connectivity index (χ3v) is 6.25. The standard InChI is InChI=1S/C27H37N3O3.ClH/c1-10-33-24-15(2)18-13-30(25(28)22(18)29-16(24)3)14-21(31)17-11-19(26(4,5)6)23(32)20(12-17)27(7,8)9;/h11-12,28,32H,10,13-14H2,1-9H3;1H. The molecule has 1 aliphatic heterocycles. The molecule has 6 nitrogen and oxygen atoms in total. The molecule has 0 aliphatic carbocycles. The lowest BCUT2D eigenvalue weighted by molar-refractivity contribution is 0.0962. The molecule has 0 saturated carbocycles. The summed E-state index contributed by atoms with van der Waals surface area (Å²) in [5.41, 5.74) is 4.75. The number of halogens is 1. The number of aromatic nitrogens is 1. The number of aryl methyl sites for hydroxylation is 1. The molecule has 2 N–H and O–H groups in total. The summed E-state index contributed by atoms with van der Waals surface area (Å²) < 4.78 is 5.77. The summed E-state index contributed by atoms with van der Waals surface area (Å²) in [4.78, 5) is 19.8. The van der Waals surface area contributed by atoms with Gasteiger partial charge in [0.25, 0.3) is 0 Å². The van der Waals surface area contributed by atoms with Gasteiger partial charge >= 0.3 is 0 Å². The molecular weight excluding hydrogens is 450 g/mol. The molecule has 1 aromatic carbocycles. The number of fused-ring (bicyclic) bond motifs is 1. The van der Waals surface area contributed by atoms with Gasteiger partial charge in [0.15, 0.2) is 5.78 Å². The zero-order chi connectivity index (χ0) is 24.9. The van der Waals surface area contributed by atoms with Gasteiger partial charge < -0.3 is 14.7 Å². The summed E-state index contributed by atoms with van der Waals surface area (Å²) in [6.07, 6.45) is 0. The highest BCUT2D eigenvalue weighted by atomic mass is 35.5. The number of amidine groups is 1. The lowest BCUT2D eigenvalue weighted by atomic mass is 9.78. The molecule has 34 heavy (non-hydrogen) atoms. The average molecular weight is 488 g/mol. The van der Waals surface area contributed by atoms with Crippen molar-refractivity contribution in [2.24, 2.45) is 0 Å². The number of ketones is 1. The molecule has 0 saturated heterocycles. The van der Waals surface area contributed by atoms with Crippen LogP contribution in [0.2, 0.25) is 0 Å². The second kappa shape index (κ2) is 9.57. The third-order valence-electron chi connectivity index (χ3n) is 6.25. The van der Waals surface area contributed by atoms with Crippen molar-refractivity contribution in [2.75, 3.05) is 13.2 Å². The second-order valence-electron chi connectivity index (χ2n) is 11.0. The first-order chi connectivity index (χ1) is 15.2. The second-order valence-corrected chi connectivity index (χ2v) is 11.0. The molecule has 1 aliphatic rings. The number of phenolic OH excluding ortho intramolecular Hbond substituents is 1. The molecule has 7 heteroatoms. The van der Waals surface area contributed by atoms with E-state index in [9.17, 15) is 9.90 Å². The van der Waals surface area contributed by atoms with E-state index in [1.54, 1.807) is 17.0 Å². The fourth-order valence-electron chi connectivity index (χ4n) is 4.38. The first kappa shape index (κ1) is 27.6. The Labute approximate surface area is 209 Å². The Morgan fingerprint density at radius 1 is 1.12 bits per heavy atom. The van der Waals surface area contributed by atoms with E-state index >= 15 is 0 Å². The van der Waals surface area contributed by atoms with Gasteiger partial charge in [-0.1, -0.05) is 41.5 Å². The van der Waals surface area contributed by atoms with Crippen LogP contribution >= 0.6 is 12.4 Å². The lowest BCUT2D eigenvalue weighted by Crippen LogP contribution is -2.31. The van der Waals surface area contributed by atoms with Crippen LogP contribution in [0.1, 0.15) is 92.5 Å². The number of benzene rings is 1. The predicted octanol–water partition coefficient (Wildman–Crippen LogP) is 5.84. The lowest BCUT2D eigenvalue weighted by Gasteiger charge is -2.28.